The Kier molecular flexibility index (Phi) is 4.46. The summed E-state index contributed by atoms with van der Waals surface area (Å²) in [5, 5.41) is 6.86. The topological polar surface area (TPSA) is 89.0 Å². The van der Waals surface area contributed by atoms with Crippen LogP contribution >= 0.6 is 11.5 Å². The van der Waals surface area contributed by atoms with Gasteiger partial charge in [0.15, 0.2) is 9.84 Å². The molecule has 1 heterocycles. The molecule has 1 aromatic carbocycles. The van der Waals surface area contributed by atoms with Crippen LogP contribution in [-0.4, -0.2) is 29.7 Å². The van der Waals surface area contributed by atoms with Crippen molar-refractivity contribution < 1.29 is 13.2 Å². The molecule has 1 N–H and O–H groups in total. The van der Waals surface area contributed by atoms with Crippen molar-refractivity contribution >= 4 is 32.3 Å². The Morgan fingerprint density at radius 1 is 1.30 bits per heavy atom. The Hall–Kier alpha value is -1.80. The number of hydrogen-bond acceptors (Lipinski definition) is 6. The van der Waals surface area contributed by atoms with Gasteiger partial charge in [0.05, 0.1) is 23.3 Å². The highest BCUT2D eigenvalue weighted by Gasteiger charge is 2.11. The van der Waals surface area contributed by atoms with Crippen molar-refractivity contribution in [2.24, 2.45) is 0 Å². The molecule has 0 fully saturated rings. The third-order valence-corrected chi connectivity index (χ3v) is 4.98. The minimum Gasteiger partial charge on any atom is -0.315 e. The summed E-state index contributed by atoms with van der Waals surface area (Å²) >= 11 is 1.10. The number of rotatable bonds is 5. The molecule has 20 heavy (non-hydrogen) atoms. The van der Waals surface area contributed by atoms with Crippen molar-refractivity contribution in [3.8, 4) is 0 Å². The molecule has 0 saturated heterocycles. The van der Waals surface area contributed by atoms with E-state index < -0.39 is 9.84 Å². The van der Waals surface area contributed by atoms with Gasteiger partial charge in [-0.15, -0.1) is 5.10 Å². The van der Waals surface area contributed by atoms with Crippen LogP contribution in [0, 0.1) is 0 Å². The second-order valence-electron chi connectivity index (χ2n) is 4.05. The number of anilines is 1. The van der Waals surface area contributed by atoms with E-state index in [2.05, 4.69) is 14.9 Å². The zero-order chi connectivity index (χ0) is 14.6. The first-order chi connectivity index (χ1) is 9.51. The zero-order valence-electron chi connectivity index (χ0n) is 10.7. The number of nitrogens with zero attached hydrogens (tertiary/aromatic N) is 2. The van der Waals surface area contributed by atoms with E-state index in [1.54, 1.807) is 19.1 Å². The molecule has 2 aromatic rings. The molecule has 106 valence electrons. The van der Waals surface area contributed by atoms with Crippen molar-refractivity contribution in [3.05, 3.63) is 36.0 Å². The van der Waals surface area contributed by atoms with Gasteiger partial charge in [-0.2, -0.15) is 0 Å². The highest BCUT2D eigenvalue weighted by atomic mass is 32.2. The quantitative estimate of drug-likeness (QED) is 0.904. The maximum absolute atomic E-state index is 11.7. The molecule has 0 aliphatic carbocycles. The smallest absolute Gasteiger partial charge is 0.229 e. The Balaban J connectivity index is 2.02. The monoisotopic (exact) mass is 311 g/mol. The standard InChI is InChI=1S/C12H13N3O3S2/c1-2-20(17,18)10-5-3-9(4-6-10)7-11(16)14-12-8-13-15-19-12/h3-6,8H,2,7H2,1H3,(H,14,16). The lowest BCUT2D eigenvalue weighted by Gasteiger charge is -2.04. The van der Waals surface area contributed by atoms with E-state index >= 15 is 0 Å². The zero-order valence-corrected chi connectivity index (χ0v) is 12.4. The third kappa shape index (κ3) is 3.61. The van der Waals surface area contributed by atoms with Gasteiger partial charge in [0.25, 0.3) is 0 Å². The molecule has 1 amide bonds. The van der Waals surface area contributed by atoms with Gasteiger partial charge in [-0.1, -0.05) is 23.5 Å². The maximum atomic E-state index is 11.7. The number of sulfone groups is 1. The van der Waals surface area contributed by atoms with Crippen LogP contribution in [-0.2, 0) is 21.1 Å². The summed E-state index contributed by atoms with van der Waals surface area (Å²) in [6, 6.07) is 6.34. The first-order valence-corrected chi connectivity index (χ1v) is 8.33. The van der Waals surface area contributed by atoms with Crippen LogP contribution in [0.2, 0.25) is 0 Å². The number of benzene rings is 1. The van der Waals surface area contributed by atoms with Crippen LogP contribution in [0.15, 0.2) is 35.4 Å². The molecule has 8 heteroatoms. The van der Waals surface area contributed by atoms with E-state index in [0.717, 1.165) is 17.1 Å². The van der Waals surface area contributed by atoms with Gasteiger partial charge in [0.1, 0.15) is 5.00 Å². The maximum Gasteiger partial charge on any atom is 0.229 e. The normalized spacial score (nSPS) is 11.2. The summed E-state index contributed by atoms with van der Waals surface area (Å²) in [5.74, 6) is -0.132. The average molecular weight is 311 g/mol. The molecular weight excluding hydrogens is 298 g/mol. The number of aromatic nitrogens is 2. The SMILES string of the molecule is CCS(=O)(=O)c1ccc(CC(=O)Nc2cnns2)cc1. The Morgan fingerprint density at radius 3 is 2.55 bits per heavy atom. The first-order valence-electron chi connectivity index (χ1n) is 5.90. The molecule has 0 aliphatic rings. The highest BCUT2D eigenvalue weighted by molar-refractivity contribution is 7.91. The van der Waals surface area contributed by atoms with Crippen LogP contribution in [0.1, 0.15) is 12.5 Å². The van der Waals surface area contributed by atoms with Crippen molar-refractivity contribution in [2.75, 3.05) is 11.1 Å². The molecule has 0 saturated carbocycles. The van der Waals surface area contributed by atoms with Crippen molar-refractivity contribution in [1.82, 2.24) is 9.59 Å². The molecule has 0 unspecified atom stereocenters. The number of nitrogens with one attached hydrogen (secondary N) is 1. The fourth-order valence-electron chi connectivity index (χ4n) is 1.57. The molecule has 1 aromatic heterocycles. The van der Waals surface area contributed by atoms with Gasteiger partial charge >= 0.3 is 0 Å². The van der Waals surface area contributed by atoms with Crippen LogP contribution in [0.3, 0.4) is 0 Å². The summed E-state index contributed by atoms with van der Waals surface area (Å²) in [7, 11) is -3.20. The predicted octanol–water partition coefficient (Wildman–Crippen LogP) is 1.51. The third-order valence-electron chi connectivity index (χ3n) is 2.65. The summed E-state index contributed by atoms with van der Waals surface area (Å²) in [6.07, 6.45) is 1.64. The van der Waals surface area contributed by atoms with Crippen LogP contribution in [0.5, 0.6) is 0 Å². The second-order valence-corrected chi connectivity index (χ2v) is 7.12. The number of amides is 1. The van der Waals surface area contributed by atoms with E-state index in [4.69, 9.17) is 0 Å². The van der Waals surface area contributed by atoms with Crippen LogP contribution < -0.4 is 5.32 Å². The minimum atomic E-state index is -3.20. The van der Waals surface area contributed by atoms with Gasteiger partial charge in [-0.3, -0.25) is 4.79 Å². The Bertz CT molecular complexity index is 679. The summed E-state index contributed by atoms with van der Waals surface area (Å²) in [4.78, 5) is 12.0. The summed E-state index contributed by atoms with van der Waals surface area (Å²) in [5.41, 5.74) is 0.745. The van der Waals surface area contributed by atoms with Gasteiger partial charge in [-0.05, 0) is 17.7 Å². The molecule has 0 radical (unpaired) electrons. The average Bonchev–Trinajstić information content (AvgIpc) is 2.92. The van der Waals surface area contributed by atoms with E-state index in [1.807, 2.05) is 0 Å². The molecule has 0 bridgehead atoms. The van der Waals surface area contributed by atoms with Crippen molar-refractivity contribution in [3.63, 3.8) is 0 Å². The lowest BCUT2D eigenvalue weighted by atomic mass is 10.1. The lowest BCUT2D eigenvalue weighted by molar-refractivity contribution is -0.115. The van der Waals surface area contributed by atoms with Gasteiger partial charge in [-0.25, -0.2) is 8.42 Å². The van der Waals surface area contributed by atoms with E-state index in [0.29, 0.717) is 5.00 Å². The van der Waals surface area contributed by atoms with E-state index in [9.17, 15) is 13.2 Å². The molecule has 6 nitrogen and oxygen atoms in total. The number of hydrogen-bond donors (Lipinski definition) is 1. The van der Waals surface area contributed by atoms with Gasteiger partial charge in [0, 0.05) is 11.5 Å². The summed E-state index contributed by atoms with van der Waals surface area (Å²) < 4.78 is 26.9. The van der Waals surface area contributed by atoms with Crippen molar-refractivity contribution in [1.29, 1.82) is 0 Å². The number of carbonyl (C=O) groups is 1. The van der Waals surface area contributed by atoms with Crippen molar-refractivity contribution in [2.45, 2.75) is 18.2 Å². The fraction of sp³-hybridized carbons (Fsp3) is 0.250. The highest BCUT2D eigenvalue weighted by Crippen LogP contribution is 2.14. The molecular formula is C12H13N3O3S2. The molecule has 0 atom stereocenters. The second kappa shape index (κ2) is 6.10. The van der Waals surface area contributed by atoms with E-state index in [-0.39, 0.29) is 23.0 Å². The van der Waals surface area contributed by atoms with Crippen LogP contribution in [0.25, 0.3) is 0 Å². The summed E-state index contributed by atoms with van der Waals surface area (Å²) in [6.45, 7) is 1.60. The lowest BCUT2D eigenvalue weighted by Crippen LogP contribution is -2.13. The number of carbonyl (C=O) groups excluding carboxylic acids is 1. The molecule has 2 rings (SSSR count). The molecule has 0 aliphatic heterocycles. The van der Waals surface area contributed by atoms with Gasteiger partial charge < -0.3 is 5.32 Å². The Labute approximate surface area is 120 Å². The molecule has 0 spiro atoms. The minimum absolute atomic E-state index is 0.0607. The fourth-order valence-corrected chi connectivity index (χ4v) is 2.89. The first kappa shape index (κ1) is 14.6. The largest absolute Gasteiger partial charge is 0.315 e. The Morgan fingerprint density at radius 2 is 2.00 bits per heavy atom. The van der Waals surface area contributed by atoms with E-state index in [1.165, 1.54) is 18.3 Å². The van der Waals surface area contributed by atoms with Crippen LogP contribution in [0.4, 0.5) is 5.00 Å². The predicted molar refractivity (Wildman–Crippen MR) is 76.4 cm³/mol. The van der Waals surface area contributed by atoms with Gasteiger partial charge in [0.2, 0.25) is 5.91 Å².